The Balaban J connectivity index is 1.36. The number of carbonyl (C=O) groups excluding carboxylic acids is 4. The first kappa shape index (κ1) is 42.5. The molecule has 3 fully saturated rings. The van der Waals surface area contributed by atoms with Gasteiger partial charge in [0.15, 0.2) is 5.78 Å². The van der Waals surface area contributed by atoms with E-state index in [0.717, 1.165) is 11.8 Å². The molecule has 2 aliphatic heterocycles. The number of carbonyl (C=O) groups is 4. The van der Waals surface area contributed by atoms with Gasteiger partial charge in [-0.2, -0.15) is 4.98 Å². The number of Topliss-reactive ketones (excluding diaryl/α,β-unsaturated/α-hetero) is 1. The average Bonchev–Trinajstić information content (AvgIpc) is 4.02. The number of rotatable bonds is 10. The summed E-state index contributed by atoms with van der Waals surface area (Å²) in [5.74, 6) is -2.85. The lowest BCUT2D eigenvalue weighted by atomic mass is 9.82. The van der Waals surface area contributed by atoms with Crippen LogP contribution in [-0.2, 0) is 33.9 Å². The fourth-order valence-electron chi connectivity index (χ4n) is 8.49. The predicted molar refractivity (Wildman–Crippen MR) is 212 cm³/mol. The largest absolute Gasteiger partial charge is 0.475 e. The highest BCUT2D eigenvalue weighted by molar-refractivity contribution is 7.91. The van der Waals surface area contributed by atoms with Crippen LogP contribution in [0.3, 0.4) is 0 Å². The van der Waals surface area contributed by atoms with Crippen molar-refractivity contribution in [3.63, 3.8) is 0 Å². The van der Waals surface area contributed by atoms with Crippen molar-refractivity contribution >= 4 is 44.4 Å². The van der Waals surface area contributed by atoms with E-state index in [4.69, 9.17) is 14.2 Å². The van der Waals surface area contributed by atoms with E-state index >= 15 is 0 Å². The number of esters is 1. The SMILES string of the molecule is CC(C)Oc1cc2ccccc2c(O[C@@H]2C[C@H]3C(=O)C[C@]4(C(=O)NS(=O)(=O)C5(CF)CC5)C[C@H]4/C=C\CC[C@H](C)C[C@@H](C)[C@H](CC(=O)OC(C)(C)C)C(=O)N3C2)n1. The van der Waals surface area contributed by atoms with Gasteiger partial charge >= 0.3 is 5.97 Å². The molecule has 1 saturated heterocycles. The summed E-state index contributed by atoms with van der Waals surface area (Å²) in [5.41, 5.74) is -2.17. The second-order valence-electron chi connectivity index (χ2n) is 18.2. The number of fused-ring (bicyclic) bond motifs is 3. The van der Waals surface area contributed by atoms with Gasteiger partial charge < -0.3 is 19.1 Å². The van der Waals surface area contributed by atoms with Crippen LogP contribution in [0.1, 0.15) is 106 Å². The average molecular weight is 812 g/mol. The molecule has 0 unspecified atom stereocenters. The number of halogens is 1. The van der Waals surface area contributed by atoms with E-state index in [1.54, 1.807) is 20.8 Å². The number of hydrogen-bond donors (Lipinski definition) is 1. The molecule has 2 amide bonds. The molecule has 3 heterocycles. The maximum Gasteiger partial charge on any atom is 0.307 e. The molecule has 2 aliphatic carbocycles. The number of nitrogens with zero attached hydrogens (tertiary/aromatic N) is 2. The van der Waals surface area contributed by atoms with E-state index in [0.29, 0.717) is 24.1 Å². The Morgan fingerprint density at radius 1 is 1.11 bits per heavy atom. The first-order valence-electron chi connectivity index (χ1n) is 20.3. The molecule has 1 aromatic carbocycles. The minimum atomic E-state index is -4.34. The van der Waals surface area contributed by atoms with Crippen molar-refractivity contribution in [1.82, 2.24) is 14.6 Å². The lowest BCUT2D eigenvalue weighted by Gasteiger charge is -2.32. The van der Waals surface area contributed by atoms with E-state index < -0.39 is 74.1 Å². The number of amides is 2. The van der Waals surface area contributed by atoms with Crippen LogP contribution in [0.4, 0.5) is 4.39 Å². The summed E-state index contributed by atoms with van der Waals surface area (Å²) in [7, 11) is -4.34. The topological polar surface area (TPSA) is 158 Å². The lowest BCUT2D eigenvalue weighted by Crippen LogP contribution is -2.48. The molecule has 14 heteroatoms. The van der Waals surface area contributed by atoms with Crippen LogP contribution >= 0.6 is 0 Å². The molecule has 1 aromatic heterocycles. The number of ether oxygens (including phenoxy) is 3. The number of alkyl halides is 1. The van der Waals surface area contributed by atoms with Crippen LogP contribution in [0.5, 0.6) is 11.8 Å². The zero-order valence-electron chi connectivity index (χ0n) is 34.2. The van der Waals surface area contributed by atoms with E-state index in [-0.39, 0.29) is 74.8 Å². The lowest BCUT2D eigenvalue weighted by molar-refractivity contribution is -0.160. The van der Waals surface area contributed by atoms with E-state index in [9.17, 15) is 32.0 Å². The fourth-order valence-corrected chi connectivity index (χ4v) is 9.94. The van der Waals surface area contributed by atoms with E-state index in [1.807, 2.05) is 63.3 Å². The summed E-state index contributed by atoms with van der Waals surface area (Å²) in [4.78, 5) is 63.2. The highest BCUT2D eigenvalue weighted by Crippen LogP contribution is 2.58. The van der Waals surface area contributed by atoms with Gasteiger partial charge in [0.05, 0.1) is 36.4 Å². The molecule has 2 saturated carbocycles. The van der Waals surface area contributed by atoms with Crippen molar-refractivity contribution in [3.8, 4) is 11.8 Å². The quantitative estimate of drug-likeness (QED) is 0.204. The number of aromatic nitrogens is 1. The highest BCUT2D eigenvalue weighted by Gasteiger charge is 2.63. The second-order valence-corrected chi connectivity index (χ2v) is 20.3. The van der Waals surface area contributed by atoms with Gasteiger partial charge in [0.25, 0.3) is 0 Å². The third-order valence-electron chi connectivity index (χ3n) is 11.9. The number of pyridine rings is 1. The molecule has 0 spiro atoms. The van der Waals surface area contributed by atoms with Gasteiger partial charge in [0.2, 0.25) is 33.6 Å². The number of ketones is 1. The van der Waals surface area contributed by atoms with Gasteiger partial charge in [-0.1, -0.05) is 44.2 Å². The summed E-state index contributed by atoms with van der Waals surface area (Å²) in [6.45, 7) is 12.0. The third-order valence-corrected chi connectivity index (χ3v) is 14.0. The molecule has 0 radical (unpaired) electrons. The van der Waals surface area contributed by atoms with E-state index in [2.05, 4.69) is 16.6 Å². The Bertz CT molecular complexity index is 2010. The summed E-state index contributed by atoms with van der Waals surface area (Å²) >= 11 is 0. The summed E-state index contributed by atoms with van der Waals surface area (Å²) in [5, 5.41) is 1.54. The van der Waals surface area contributed by atoms with Gasteiger partial charge in [0, 0.05) is 24.3 Å². The Morgan fingerprint density at radius 2 is 1.82 bits per heavy atom. The normalized spacial score (nSPS) is 29.7. The van der Waals surface area contributed by atoms with Crippen LogP contribution in [0.2, 0.25) is 0 Å². The highest BCUT2D eigenvalue weighted by atomic mass is 32.2. The van der Waals surface area contributed by atoms with Gasteiger partial charge in [-0.05, 0) is 102 Å². The molecular formula is C43H58FN3O9S. The number of benzene rings is 1. The molecule has 312 valence electrons. The van der Waals surface area contributed by atoms with Gasteiger partial charge in [-0.15, -0.1) is 0 Å². The van der Waals surface area contributed by atoms with Crippen LogP contribution < -0.4 is 14.2 Å². The Morgan fingerprint density at radius 3 is 2.49 bits per heavy atom. The summed E-state index contributed by atoms with van der Waals surface area (Å²) < 4.78 is 59.1. The zero-order valence-corrected chi connectivity index (χ0v) is 35.0. The maximum absolute atomic E-state index is 14.9. The van der Waals surface area contributed by atoms with Crippen molar-refractivity contribution in [2.45, 2.75) is 135 Å². The minimum Gasteiger partial charge on any atom is -0.475 e. The fraction of sp³-hybridized carbons (Fsp3) is 0.651. The van der Waals surface area contributed by atoms with Crippen LogP contribution in [-0.4, -0.2) is 83.7 Å². The third kappa shape index (κ3) is 9.47. The van der Waals surface area contributed by atoms with Gasteiger partial charge in [0.1, 0.15) is 23.1 Å². The standard InChI is InChI=1S/C43H58FN3O9S/c1-26(2)54-36-19-29-13-9-11-15-32(29)38(45-36)55-31-20-34-35(48)23-43(40(51)46-57(52,53)42(25-44)16-17-42)22-30(43)14-10-8-12-27(3)18-28(4)33(39(50)47(34)24-31)21-37(49)56-41(5,6)7/h9-11,13-15,19,26-28,30-31,33-34H,8,12,16-18,20-25H2,1-7H3,(H,46,51)/b14-10-/t27-,28+,30+,31+,33-,34-,43+/m0/s1. The van der Waals surface area contributed by atoms with Crippen molar-refractivity contribution < 1.29 is 46.2 Å². The monoisotopic (exact) mass is 811 g/mol. The molecule has 4 aliphatic rings. The maximum atomic E-state index is 14.9. The number of hydrogen-bond acceptors (Lipinski definition) is 10. The Labute approximate surface area is 335 Å². The molecule has 0 bridgehead atoms. The minimum absolute atomic E-state index is 0.00350. The molecular weight excluding hydrogens is 754 g/mol. The van der Waals surface area contributed by atoms with Crippen LogP contribution in [0, 0.1) is 29.1 Å². The van der Waals surface area contributed by atoms with Crippen molar-refractivity contribution in [2.75, 3.05) is 13.2 Å². The molecule has 12 nitrogen and oxygen atoms in total. The smallest absolute Gasteiger partial charge is 0.307 e. The number of allylic oxidation sites excluding steroid dienone is 2. The van der Waals surface area contributed by atoms with Crippen molar-refractivity contribution in [1.29, 1.82) is 0 Å². The van der Waals surface area contributed by atoms with Crippen LogP contribution in [0.15, 0.2) is 42.5 Å². The second kappa shape index (κ2) is 16.3. The predicted octanol–water partition coefficient (Wildman–Crippen LogP) is 6.64. The molecule has 7 atom stereocenters. The first-order chi connectivity index (χ1) is 26.8. The van der Waals surface area contributed by atoms with Gasteiger partial charge in [-0.25, -0.2) is 12.8 Å². The van der Waals surface area contributed by atoms with Crippen molar-refractivity contribution in [2.24, 2.45) is 29.1 Å². The summed E-state index contributed by atoms with van der Waals surface area (Å²) in [6.07, 6.45) is 5.07. The number of nitrogens with one attached hydrogen (secondary N) is 1. The first-order valence-corrected chi connectivity index (χ1v) is 21.8. The van der Waals surface area contributed by atoms with Crippen LogP contribution in [0.25, 0.3) is 10.8 Å². The molecule has 1 N–H and O–H groups in total. The summed E-state index contributed by atoms with van der Waals surface area (Å²) in [6, 6.07) is 8.30. The zero-order chi connectivity index (χ0) is 41.5. The Hall–Kier alpha value is -4.07. The molecule has 2 aromatic rings. The Kier molecular flexibility index (Phi) is 12.2. The molecule has 57 heavy (non-hydrogen) atoms. The van der Waals surface area contributed by atoms with Gasteiger partial charge in [-0.3, -0.25) is 23.9 Å². The number of sulfonamides is 1. The van der Waals surface area contributed by atoms with E-state index in [1.165, 1.54) is 4.90 Å². The van der Waals surface area contributed by atoms with Crippen molar-refractivity contribution in [3.05, 3.63) is 42.5 Å². The molecule has 6 rings (SSSR count).